The number of allylic oxidation sites excluding steroid dienone is 1. The van der Waals surface area contributed by atoms with Crippen molar-refractivity contribution in [3.63, 3.8) is 0 Å². The van der Waals surface area contributed by atoms with E-state index in [-0.39, 0.29) is 18.4 Å². The molecule has 7 nitrogen and oxygen atoms in total. The van der Waals surface area contributed by atoms with Crippen LogP contribution in [0.15, 0.2) is 29.5 Å². The van der Waals surface area contributed by atoms with E-state index < -0.39 is 11.9 Å². The number of hydrogen-bond acceptors (Lipinski definition) is 4. The molecule has 2 rings (SSSR count). The predicted molar refractivity (Wildman–Crippen MR) is 83.2 cm³/mol. The lowest BCUT2D eigenvalue weighted by atomic mass is 10.1. The van der Waals surface area contributed by atoms with Crippen LogP contribution in [-0.2, 0) is 9.59 Å². The van der Waals surface area contributed by atoms with Crippen molar-refractivity contribution in [3.05, 3.63) is 35.0 Å². The Morgan fingerprint density at radius 3 is 2.73 bits per heavy atom. The molecule has 1 heterocycles. The number of nitrogens with zero attached hydrogens (tertiary/aromatic N) is 1. The van der Waals surface area contributed by atoms with Gasteiger partial charge in [-0.3, -0.25) is 14.9 Å². The minimum absolute atomic E-state index is 0.0723. The van der Waals surface area contributed by atoms with E-state index in [2.05, 4.69) is 15.3 Å². The maximum Gasteiger partial charge on any atom is 0.303 e. The first-order valence-electron chi connectivity index (χ1n) is 6.81. The summed E-state index contributed by atoms with van der Waals surface area (Å²) in [4.78, 5) is 30.1. The Bertz CT molecular complexity index is 757. The summed E-state index contributed by atoms with van der Waals surface area (Å²) in [5, 5.41) is 11.3. The highest BCUT2D eigenvalue weighted by Crippen LogP contribution is 2.17. The van der Waals surface area contributed by atoms with Crippen LogP contribution in [0.25, 0.3) is 11.0 Å². The number of rotatable bonds is 5. The third kappa shape index (κ3) is 3.63. The number of nitrogens with one attached hydrogen (secondary N) is 2. The van der Waals surface area contributed by atoms with Gasteiger partial charge in [0.25, 0.3) is 5.91 Å². The van der Waals surface area contributed by atoms with E-state index in [0.717, 1.165) is 16.6 Å². The highest BCUT2D eigenvalue weighted by Gasteiger charge is 2.15. The number of anilines is 1. The van der Waals surface area contributed by atoms with Crippen LogP contribution in [-0.4, -0.2) is 27.0 Å². The van der Waals surface area contributed by atoms with Gasteiger partial charge in [0.15, 0.2) is 0 Å². The molecule has 0 aliphatic carbocycles. The summed E-state index contributed by atoms with van der Waals surface area (Å²) >= 11 is 0. The fraction of sp³-hybridized carbons (Fsp3) is 0.267. The fourth-order valence-corrected chi connectivity index (χ4v) is 2.09. The Labute approximate surface area is 127 Å². The monoisotopic (exact) mass is 302 g/mol. The van der Waals surface area contributed by atoms with Gasteiger partial charge < -0.3 is 15.8 Å². The van der Waals surface area contributed by atoms with Gasteiger partial charge >= 0.3 is 5.97 Å². The summed E-state index contributed by atoms with van der Waals surface area (Å²) in [6.45, 7) is 3.53. The molecule has 0 aliphatic rings. The van der Waals surface area contributed by atoms with Gasteiger partial charge in [0, 0.05) is 17.7 Å². The molecular weight excluding hydrogens is 284 g/mol. The van der Waals surface area contributed by atoms with E-state index in [9.17, 15) is 9.59 Å². The topological polar surface area (TPSA) is 121 Å². The first-order valence-corrected chi connectivity index (χ1v) is 6.81. The number of carboxylic acids is 1. The van der Waals surface area contributed by atoms with Gasteiger partial charge in [0.2, 0.25) is 5.95 Å². The van der Waals surface area contributed by atoms with E-state index in [1.807, 2.05) is 25.1 Å². The summed E-state index contributed by atoms with van der Waals surface area (Å²) in [5.41, 5.74) is 8.84. The molecule has 0 bridgehead atoms. The smallest absolute Gasteiger partial charge is 0.303 e. The number of carboxylic acid groups (broad SMARTS) is 1. The van der Waals surface area contributed by atoms with Crippen molar-refractivity contribution in [2.24, 2.45) is 5.73 Å². The molecule has 2 aromatic rings. The van der Waals surface area contributed by atoms with Gasteiger partial charge in [-0.25, -0.2) is 4.98 Å². The molecule has 116 valence electrons. The van der Waals surface area contributed by atoms with Crippen LogP contribution >= 0.6 is 0 Å². The maximum atomic E-state index is 12.2. The number of aromatic nitrogens is 2. The first-order chi connectivity index (χ1) is 10.4. The van der Waals surface area contributed by atoms with Crippen molar-refractivity contribution >= 4 is 28.9 Å². The molecule has 1 aromatic carbocycles. The summed E-state index contributed by atoms with van der Waals surface area (Å²) in [6, 6.07) is 5.70. The fourth-order valence-electron chi connectivity index (χ4n) is 2.09. The third-order valence-corrected chi connectivity index (χ3v) is 3.21. The number of carbonyl (C=O) groups excluding carboxylic acids is 1. The molecule has 0 atom stereocenters. The number of H-pyrrole nitrogens is 1. The normalized spacial score (nSPS) is 12.1. The number of nitrogens with two attached hydrogens (primary N) is 1. The quantitative estimate of drug-likeness (QED) is 0.629. The number of benzene rings is 1. The minimum Gasteiger partial charge on any atom is -0.481 e. The number of aryl methyl sites for hydroxylation is 1. The molecule has 22 heavy (non-hydrogen) atoms. The summed E-state index contributed by atoms with van der Waals surface area (Å²) < 4.78 is 0. The van der Waals surface area contributed by atoms with E-state index >= 15 is 0 Å². The molecule has 0 saturated carbocycles. The van der Waals surface area contributed by atoms with Crippen LogP contribution < -0.4 is 11.1 Å². The second kappa shape index (κ2) is 6.30. The van der Waals surface area contributed by atoms with Gasteiger partial charge in [-0.15, -0.1) is 0 Å². The lowest BCUT2D eigenvalue weighted by molar-refractivity contribution is -0.136. The molecule has 7 heteroatoms. The molecule has 0 unspecified atom stereocenters. The maximum absolute atomic E-state index is 12.2. The second-order valence-electron chi connectivity index (χ2n) is 5.12. The zero-order valence-corrected chi connectivity index (χ0v) is 12.4. The van der Waals surface area contributed by atoms with Crippen molar-refractivity contribution in [2.45, 2.75) is 26.7 Å². The zero-order valence-electron chi connectivity index (χ0n) is 12.4. The molecule has 1 amide bonds. The van der Waals surface area contributed by atoms with E-state index in [0.29, 0.717) is 11.6 Å². The van der Waals surface area contributed by atoms with Crippen molar-refractivity contribution in [3.8, 4) is 0 Å². The van der Waals surface area contributed by atoms with Crippen molar-refractivity contribution in [1.82, 2.24) is 9.97 Å². The number of aliphatic carboxylic acids is 1. The SMILES string of the molecule is C/C(N)=C(\CCC(=O)O)C(=O)Nc1nc2ccc(C)cc2[nH]1. The molecule has 5 N–H and O–H groups in total. The van der Waals surface area contributed by atoms with Gasteiger partial charge in [0.05, 0.1) is 11.0 Å². The average molecular weight is 302 g/mol. The Morgan fingerprint density at radius 1 is 1.36 bits per heavy atom. The molecule has 0 fully saturated rings. The number of aromatic amines is 1. The number of carbonyl (C=O) groups is 2. The van der Waals surface area contributed by atoms with Crippen LogP contribution in [0, 0.1) is 6.92 Å². The Kier molecular flexibility index (Phi) is 4.45. The second-order valence-corrected chi connectivity index (χ2v) is 5.12. The highest BCUT2D eigenvalue weighted by molar-refractivity contribution is 6.04. The van der Waals surface area contributed by atoms with Gasteiger partial charge in [0.1, 0.15) is 0 Å². The van der Waals surface area contributed by atoms with Gasteiger partial charge in [-0.05, 0) is 38.0 Å². The van der Waals surface area contributed by atoms with Crippen LogP contribution in [0.2, 0.25) is 0 Å². The average Bonchev–Trinajstić information content (AvgIpc) is 2.79. The summed E-state index contributed by atoms with van der Waals surface area (Å²) in [7, 11) is 0. The number of fused-ring (bicyclic) bond motifs is 1. The van der Waals surface area contributed by atoms with Crippen molar-refractivity contribution in [2.75, 3.05) is 5.32 Å². The van der Waals surface area contributed by atoms with Gasteiger partial charge in [-0.1, -0.05) is 6.07 Å². The zero-order chi connectivity index (χ0) is 16.3. The largest absolute Gasteiger partial charge is 0.481 e. The van der Waals surface area contributed by atoms with Crippen LogP contribution in [0.1, 0.15) is 25.3 Å². The summed E-state index contributed by atoms with van der Waals surface area (Å²) in [5.74, 6) is -1.12. The molecule has 0 spiro atoms. The first kappa shape index (κ1) is 15.6. The molecule has 0 radical (unpaired) electrons. The third-order valence-electron chi connectivity index (χ3n) is 3.21. The highest BCUT2D eigenvalue weighted by atomic mass is 16.4. The standard InChI is InChI=1S/C15H18N4O3/c1-8-3-5-11-12(7-8)18-15(17-11)19-14(22)10(9(2)16)4-6-13(20)21/h3,5,7H,4,6,16H2,1-2H3,(H,20,21)(H2,17,18,19,22)/b10-9-. The number of amides is 1. The number of hydrogen-bond donors (Lipinski definition) is 4. The molecule has 0 saturated heterocycles. The Morgan fingerprint density at radius 2 is 2.09 bits per heavy atom. The van der Waals surface area contributed by atoms with Crippen LogP contribution in [0.4, 0.5) is 5.95 Å². The van der Waals surface area contributed by atoms with Crippen LogP contribution in [0.3, 0.4) is 0 Å². The van der Waals surface area contributed by atoms with E-state index in [1.165, 1.54) is 0 Å². The predicted octanol–water partition coefficient (Wildman–Crippen LogP) is 1.91. The van der Waals surface area contributed by atoms with E-state index in [4.69, 9.17) is 10.8 Å². The lowest BCUT2D eigenvalue weighted by Gasteiger charge is -2.07. The lowest BCUT2D eigenvalue weighted by Crippen LogP contribution is -2.19. The van der Waals surface area contributed by atoms with Gasteiger partial charge in [-0.2, -0.15) is 0 Å². The Balaban J connectivity index is 2.17. The Hall–Kier alpha value is -2.83. The van der Waals surface area contributed by atoms with Crippen molar-refractivity contribution in [1.29, 1.82) is 0 Å². The van der Waals surface area contributed by atoms with Crippen LogP contribution in [0.5, 0.6) is 0 Å². The molecule has 0 aliphatic heterocycles. The summed E-state index contributed by atoms with van der Waals surface area (Å²) in [6.07, 6.45) is -0.0839. The van der Waals surface area contributed by atoms with Crippen molar-refractivity contribution < 1.29 is 14.7 Å². The molecular formula is C15H18N4O3. The number of imidazole rings is 1. The minimum atomic E-state index is -0.981. The van der Waals surface area contributed by atoms with E-state index in [1.54, 1.807) is 6.92 Å². The molecule has 1 aromatic heterocycles.